The summed E-state index contributed by atoms with van der Waals surface area (Å²) in [5.41, 5.74) is 2.33. The second kappa shape index (κ2) is 5.19. The van der Waals surface area contributed by atoms with Crippen LogP contribution in [-0.2, 0) is 6.54 Å². The summed E-state index contributed by atoms with van der Waals surface area (Å²) in [5, 5.41) is 5.95. The number of aryl methyl sites for hydroxylation is 1. The number of fused-ring (bicyclic) bond motifs is 1. The van der Waals surface area contributed by atoms with Gasteiger partial charge in [-0.15, -0.1) is 0 Å². The quantitative estimate of drug-likeness (QED) is 0.637. The van der Waals surface area contributed by atoms with Crippen LogP contribution in [0.1, 0.15) is 11.3 Å². The summed E-state index contributed by atoms with van der Waals surface area (Å²) in [5.74, 6) is -0.311. The van der Waals surface area contributed by atoms with Crippen LogP contribution in [-0.4, -0.2) is 9.78 Å². The molecule has 0 fully saturated rings. The van der Waals surface area contributed by atoms with Crippen molar-refractivity contribution >= 4 is 38.4 Å². The van der Waals surface area contributed by atoms with Crippen molar-refractivity contribution in [2.75, 3.05) is 0 Å². The minimum absolute atomic E-state index is 0.311. The molecule has 2 aromatic carbocycles. The molecule has 0 spiro atoms. The highest BCUT2D eigenvalue weighted by atomic mass is 79.9. The first-order valence-electron chi connectivity index (χ1n) is 6.12. The van der Waals surface area contributed by atoms with Gasteiger partial charge in [-0.25, -0.2) is 4.39 Å². The van der Waals surface area contributed by atoms with Crippen molar-refractivity contribution in [3.05, 3.63) is 63.0 Å². The monoisotopic (exact) mass is 352 g/mol. The standard InChI is InChI=1S/C15H11BrClFN2/c1-9-11-6-5-10(16)7-15(11)20(19-9)8-12-13(17)3-2-4-14(12)18/h2-7H,8H2,1H3. The van der Waals surface area contributed by atoms with Crippen molar-refractivity contribution in [3.63, 3.8) is 0 Å². The van der Waals surface area contributed by atoms with Crippen LogP contribution in [0, 0.1) is 12.7 Å². The molecular weight excluding hydrogens is 343 g/mol. The Balaban J connectivity index is 2.14. The van der Waals surface area contributed by atoms with Gasteiger partial charge in [-0.2, -0.15) is 5.10 Å². The Hall–Kier alpha value is -1.39. The van der Waals surface area contributed by atoms with Crippen LogP contribution in [0.4, 0.5) is 4.39 Å². The van der Waals surface area contributed by atoms with E-state index in [-0.39, 0.29) is 5.82 Å². The first kappa shape index (κ1) is 13.6. The molecule has 0 amide bonds. The van der Waals surface area contributed by atoms with E-state index in [9.17, 15) is 4.39 Å². The second-order valence-corrected chi connectivity index (χ2v) is 5.93. The maximum absolute atomic E-state index is 13.9. The smallest absolute Gasteiger partial charge is 0.129 e. The molecule has 0 aliphatic heterocycles. The third-order valence-electron chi connectivity index (χ3n) is 3.27. The fourth-order valence-electron chi connectivity index (χ4n) is 2.27. The molecule has 1 heterocycles. The van der Waals surface area contributed by atoms with Crippen LogP contribution < -0.4 is 0 Å². The molecule has 0 atom stereocenters. The Morgan fingerprint density at radius 1 is 1.30 bits per heavy atom. The molecule has 2 nitrogen and oxygen atoms in total. The number of nitrogens with zero attached hydrogens (tertiary/aromatic N) is 2. The van der Waals surface area contributed by atoms with Crippen molar-refractivity contribution in [3.8, 4) is 0 Å². The normalized spacial score (nSPS) is 11.2. The summed E-state index contributed by atoms with van der Waals surface area (Å²) in [6.45, 7) is 2.25. The lowest BCUT2D eigenvalue weighted by molar-refractivity contribution is 0.589. The van der Waals surface area contributed by atoms with Crippen LogP contribution in [0.25, 0.3) is 10.9 Å². The molecule has 0 radical (unpaired) electrons. The van der Waals surface area contributed by atoms with Crippen LogP contribution in [0.15, 0.2) is 40.9 Å². The number of hydrogen-bond donors (Lipinski definition) is 0. The van der Waals surface area contributed by atoms with E-state index in [2.05, 4.69) is 21.0 Å². The second-order valence-electron chi connectivity index (χ2n) is 4.60. The Labute approximate surface area is 129 Å². The minimum atomic E-state index is -0.311. The van der Waals surface area contributed by atoms with E-state index in [0.717, 1.165) is 21.1 Å². The average Bonchev–Trinajstić information content (AvgIpc) is 2.70. The fourth-order valence-corrected chi connectivity index (χ4v) is 2.84. The Morgan fingerprint density at radius 3 is 2.85 bits per heavy atom. The predicted octanol–water partition coefficient (Wildman–Crippen LogP) is 4.95. The lowest BCUT2D eigenvalue weighted by Gasteiger charge is -2.07. The van der Waals surface area contributed by atoms with E-state index < -0.39 is 0 Å². The Bertz CT molecular complexity index is 778. The number of aromatic nitrogens is 2. The molecular formula is C15H11BrClFN2. The van der Waals surface area contributed by atoms with Crippen molar-refractivity contribution < 1.29 is 4.39 Å². The van der Waals surface area contributed by atoms with Crippen molar-refractivity contribution in [2.45, 2.75) is 13.5 Å². The highest BCUT2D eigenvalue weighted by molar-refractivity contribution is 9.10. The maximum Gasteiger partial charge on any atom is 0.129 e. The van der Waals surface area contributed by atoms with Gasteiger partial charge < -0.3 is 0 Å². The largest absolute Gasteiger partial charge is 0.260 e. The zero-order chi connectivity index (χ0) is 14.3. The highest BCUT2D eigenvalue weighted by Gasteiger charge is 2.12. The van der Waals surface area contributed by atoms with Crippen LogP contribution in [0.5, 0.6) is 0 Å². The zero-order valence-electron chi connectivity index (χ0n) is 10.7. The van der Waals surface area contributed by atoms with Gasteiger partial charge in [0.1, 0.15) is 5.82 Å². The van der Waals surface area contributed by atoms with Crippen LogP contribution in [0.2, 0.25) is 5.02 Å². The number of hydrogen-bond acceptors (Lipinski definition) is 1. The van der Waals surface area contributed by atoms with Gasteiger partial charge in [0.2, 0.25) is 0 Å². The third-order valence-corrected chi connectivity index (χ3v) is 4.12. The van der Waals surface area contributed by atoms with E-state index in [1.165, 1.54) is 6.07 Å². The summed E-state index contributed by atoms with van der Waals surface area (Å²) in [7, 11) is 0. The molecule has 0 aliphatic carbocycles. The summed E-state index contributed by atoms with van der Waals surface area (Å²) >= 11 is 9.53. The first-order valence-corrected chi connectivity index (χ1v) is 7.29. The summed E-state index contributed by atoms with van der Waals surface area (Å²) in [6, 6.07) is 10.6. The van der Waals surface area contributed by atoms with Gasteiger partial charge >= 0.3 is 0 Å². The third kappa shape index (κ3) is 2.34. The molecule has 5 heteroatoms. The Morgan fingerprint density at radius 2 is 2.10 bits per heavy atom. The molecule has 3 rings (SSSR count). The average molecular weight is 354 g/mol. The highest BCUT2D eigenvalue weighted by Crippen LogP contribution is 2.25. The molecule has 0 N–H and O–H groups in total. The van der Waals surface area contributed by atoms with E-state index in [1.54, 1.807) is 16.8 Å². The summed E-state index contributed by atoms with van der Waals surface area (Å²) in [6.07, 6.45) is 0. The number of halogens is 3. The van der Waals surface area contributed by atoms with E-state index in [4.69, 9.17) is 11.6 Å². The van der Waals surface area contributed by atoms with Gasteiger partial charge in [-0.05, 0) is 37.3 Å². The van der Waals surface area contributed by atoms with Crippen LogP contribution >= 0.6 is 27.5 Å². The molecule has 0 saturated carbocycles. The molecule has 0 aliphatic rings. The van der Waals surface area contributed by atoms with Crippen molar-refractivity contribution in [1.82, 2.24) is 9.78 Å². The van der Waals surface area contributed by atoms with Gasteiger partial charge in [-0.3, -0.25) is 4.68 Å². The molecule has 20 heavy (non-hydrogen) atoms. The lowest BCUT2D eigenvalue weighted by Crippen LogP contribution is -2.04. The zero-order valence-corrected chi connectivity index (χ0v) is 13.0. The molecule has 0 unspecified atom stereocenters. The molecule has 3 aromatic rings. The Kier molecular flexibility index (Phi) is 3.52. The molecule has 0 bridgehead atoms. The lowest BCUT2D eigenvalue weighted by atomic mass is 10.2. The van der Waals surface area contributed by atoms with Gasteiger partial charge in [0.25, 0.3) is 0 Å². The SMILES string of the molecule is Cc1nn(Cc2c(F)cccc2Cl)c2cc(Br)ccc12. The number of benzene rings is 2. The summed E-state index contributed by atoms with van der Waals surface area (Å²) in [4.78, 5) is 0. The first-order chi connectivity index (χ1) is 9.56. The topological polar surface area (TPSA) is 17.8 Å². The predicted molar refractivity (Wildman–Crippen MR) is 82.7 cm³/mol. The molecule has 0 saturated heterocycles. The van der Waals surface area contributed by atoms with Gasteiger partial charge in [0.15, 0.2) is 0 Å². The van der Waals surface area contributed by atoms with Gasteiger partial charge in [-0.1, -0.05) is 33.6 Å². The number of rotatable bonds is 2. The fraction of sp³-hybridized carbons (Fsp3) is 0.133. The van der Waals surface area contributed by atoms with Gasteiger partial charge in [0, 0.05) is 20.4 Å². The van der Waals surface area contributed by atoms with E-state index in [1.807, 2.05) is 25.1 Å². The van der Waals surface area contributed by atoms with Gasteiger partial charge in [0.05, 0.1) is 17.8 Å². The summed E-state index contributed by atoms with van der Waals surface area (Å²) < 4.78 is 16.6. The molecule has 1 aromatic heterocycles. The van der Waals surface area contributed by atoms with Crippen molar-refractivity contribution in [1.29, 1.82) is 0 Å². The van der Waals surface area contributed by atoms with E-state index in [0.29, 0.717) is 17.1 Å². The maximum atomic E-state index is 13.9. The molecule has 102 valence electrons. The van der Waals surface area contributed by atoms with E-state index >= 15 is 0 Å². The minimum Gasteiger partial charge on any atom is -0.260 e. The van der Waals surface area contributed by atoms with Crippen molar-refractivity contribution in [2.24, 2.45) is 0 Å². The van der Waals surface area contributed by atoms with Crippen LogP contribution in [0.3, 0.4) is 0 Å².